The average Bonchev–Trinajstić information content (AvgIpc) is 3.08. The van der Waals surface area contributed by atoms with Crippen molar-refractivity contribution in [2.75, 3.05) is 29.3 Å². The lowest BCUT2D eigenvalue weighted by atomic mass is 10.1. The molecule has 1 aliphatic rings. The van der Waals surface area contributed by atoms with Gasteiger partial charge in [0, 0.05) is 11.3 Å². The van der Waals surface area contributed by atoms with Gasteiger partial charge in [0.25, 0.3) is 17.7 Å². The van der Waals surface area contributed by atoms with E-state index in [-0.39, 0.29) is 16.6 Å². The van der Waals surface area contributed by atoms with Gasteiger partial charge in [-0.3, -0.25) is 14.4 Å². The molecule has 0 atom stereocenters. The van der Waals surface area contributed by atoms with Crippen LogP contribution in [0, 0.1) is 6.92 Å². The van der Waals surface area contributed by atoms with Crippen molar-refractivity contribution >= 4 is 46.4 Å². The summed E-state index contributed by atoms with van der Waals surface area (Å²) in [6.45, 7) is 4.16. The summed E-state index contributed by atoms with van der Waals surface area (Å²) < 4.78 is 10.9. The number of hydrogen-bond acceptors (Lipinski definition) is 6. The quantitative estimate of drug-likeness (QED) is 0.414. The van der Waals surface area contributed by atoms with Crippen molar-refractivity contribution < 1.29 is 23.9 Å². The Morgan fingerprint density at radius 3 is 2.50 bits per heavy atom. The van der Waals surface area contributed by atoms with Gasteiger partial charge >= 0.3 is 0 Å². The standard InChI is InChI=1S/C27H24ClN3O5/c1-4-36-21-11-6-5-10-19(21)30-25(32)17-8-7-9-18(15-17)29-24-23(28)26(33)31(27(24)34)20-14-16(2)12-13-22(20)35-3/h5-15,29H,4H2,1-3H3,(H,30,32). The fourth-order valence-corrected chi connectivity index (χ4v) is 3.95. The van der Waals surface area contributed by atoms with Gasteiger partial charge in [0.05, 0.1) is 25.1 Å². The molecule has 3 aromatic carbocycles. The van der Waals surface area contributed by atoms with E-state index in [4.69, 9.17) is 21.1 Å². The number of halogens is 1. The molecule has 184 valence electrons. The van der Waals surface area contributed by atoms with Gasteiger partial charge in [-0.15, -0.1) is 0 Å². The van der Waals surface area contributed by atoms with Crippen LogP contribution in [0.25, 0.3) is 0 Å². The van der Waals surface area contributed by atoms with E-state index in [0.29, 0.717) is 40.7 Å². The van der Waals surface area contributed by atoms with Crippen LogP contribution < -0.4 is 25.0 Å². The molecule has 4 rings (SSSR count). The third-order valence-electron chi connectivity index (χ3n) is 5.43. The van der Waals surface area contributed by atoms with Crippen LogP contribution in [0.1, 0.15) is 22.8 Å². The SMILES string of the molecule is CCOc1ccccc1NC(=O)c1cccc(NC2=C(Cl)C(=O)N(c3cc(C)ccc3OC)C2=O)c1. The summed E-state index contributed by atoms with van der Waals surface area (Å²) in [4.78, 5) is 40.0. The number of nitrogens with one attached hydrogen (secondary N) is 2. The Labute approximate surface area is 213 Å². The second kappa shape index (κ2) is 10.5. The molecule has 2 N–H and O–H groups in total. The van der Waals surface area contributed by atoms with E-state index >= 15 is 0 Å². The summed E-state index contributed by atoms with van der Waals surface area (Å²) >= 11 is 6.28. The van der Waals surface area contributed by atoms with Crippen molar-refractivity contribution in [1.29, 1.82) is 0 Å². The molecule has 0 fully saturated rings. The van der Waals surface area contributed by atoms with E-state index in [1.807, 2.05) is 26.0 Å². The minimum absolute atomic E-state index is 0.0931. The first-order chi connectivity index (χ1) is 17.3. The summed E-state index contributed by atoms with van der Waals surface area (Å²) in [5, 5.41) is 5.47. The number of amides is 3. The highest BCUT2D eigenvalue weighted by Crippen LogP contribution is 2.36. The Kier molecular flexibility index (Phi) is 7.26. The molecule has 1 heterocycles. The van der Waals surface area contributed by atoms with E-state index in [2.05, 4.69) is 10.6 Å². The Balaban J connectivity index is 1.56. The molecule has 1 aliphatic heterocycles. The lowest BCUT2D eigenvalue weighted by Crippen LogP contribution is -2.32. The number of ether oxygens (including phenoxy) is 2. The minimum atomic E-state index is -0.672. The number of aryl methyl sites for hydroxylation is 1. The summed E-state index contributed by atoms with van der Waals surface area (Å²) in [6, 6.07) is 18.8. The number of nitrogens with zero attached hydrogens (tertiary/aromatic N) is 1. The minimum Gasteiger partial charge on any atom is -0.495 e. The van der Waals surface area contributed by atoms with Crippen molar-refractivity contribution in [2.24, 2.45) is 0 Å². The summed E-state index contributed by atoms with van der Waals surface area (Å²) in [5.74, 6) is -0.755. The van der Waals surface area contributed by atoms with Gasteiger partial charge in [-0.05, 0) is 61.9 Å². The highest BCUT2D eigenvalue weighted by Gasteiger charge is 2.40. The lowest BCUT2D eigenvalue weighted by molar-refractivity contribution is -0.120. The molecule has 0 saturated heterocycles. The fourth-order valence-electron chi connectivity index (χ4n) is 3.73. The number of carbonyl (C=O) groups excluding carboxylic acids is 3. The summed E-state index contributed by atoms with van der Waals surface area (Å²) in [7, 11) is 1.46. The van der Waals surface area contributed by atoms with E-state index in [0.717, 1.165) is 10.5 Å². The molecule has 36 heavy (non-hydrogen) atoms. The maximum Gasteiger partial charge on any atom is 0.283 e. The zero-order valence-corrected chi connectivity index (χ0v) is 20.7. The maximum atomic E-state index is 13.2. The molecule has 0 saturated carbocycles. The molecular weight excluding hydrogens is 482 g/mol. The van der Waals surface area contributed by atoms with Crippen LogP contribution in [-0.4, -0.2) is 31.4 Å². The van der Waals surface area contributed by atoms with Crippen molar-refractivity contribution in [1.82, 2.24) is 0 Å². The fraction of sp³-hybridized carbons (Fsp3) is 0.148. The van der Waals surface area contributed by atoms with Crippen LogP contribution in [0.3, 0.4) is 0 Å². The number of para-hydroxylation sites is 2. The summed E-state index contributed by atoms with van der Waals surface area (Å²) in [6.07, 6.45) is 0. The Morgan fingerprint density at radius 1 is 0.972 bits per heavy atom. The largest absolute Gasteiger partial charge is 0.495 e. The Bertz CT molecular complexity index is 1390. The summed E-state index contributed by atoms with van der Waals surface area (Å²) in [5.41, 5.74) is 2.32. The van der Waals surface area contributed by atoms with Gasteiger partial charge in [-0.1, -0.05) is 35.9 Å². The molecular formula is C27H24ClN3O5. The number of hydrogen-bond donors (Lipinski definition) is 2. The molecule has 3 amide bonds. The van der Waals surface area contributed by atoms with Crippen molar-refractivity contribution in [3.63, 3.8) is 0 Å². The van der Waals surface area contributed by atoms with Gasteiger partial charge in [0.1, 0.15) is 22.2 Å². The molecule has 0 spiro atoms. The number of imide groups is 1. The Morgan fingerprint density at radius 2 is 1.75 bits per heavy atom. The zero-order valence-electron chi connectivity index (χ0n) is 19.9. The van der Waals surface area contributed by atoms with Crippen LogP contribution in [0.5, 0.6) is 11.5 Å². The number of benzene rings is 3. The highest BCUT2D eigenvalue weighted by atomic mass is 35.5. The topological polar surface area (TPSA) is 97.0 Å². The second-order valence-electron chi connectivity index (χ2n) is 7.90. The first-order valence-electron chi connectivity index (χ1n) is 11.2. The van der Waals surface area contributed by atoms with Crippen LogP contribution in [0.15, 0.2) is 77.5 Å². The highest BCUT2D eigenvalue weighted by molar-refractivity contribution is 6.53. The molecule has 8 nitrogen and oxygen atoms in total. The second-order valence-corrected chi connectivity index (χ2v) is 8.28. The smallest absolute Gasteiger partial charge is 0.283 e. The van der Waals surface area contributed by atoms with E-state index in [1.165, 1.54) is 7.11 Å². The van der Waals surface area contributed by atoms with Gasteiger partial charge in [0.2, 0.25) is 0 Å². The first-order valence-corrected chi connectivity index (χ1v) is 11.5. The molecule has 0 unspecified atom stereocenters. The van der Waals surface area contributed by atoms with E-state index < -0.39 is 11.8 Å². The van der Waals surface area contributed by atoms with E-state index in [1.54, 1.807) is 54.6 Å². The third-order valence-corrected chi connectivity index (χ3v) is 5.78. The van der Waals surface area contributed by atoms with Crippen LogP contribution in [0.2, 0.25) is 0 Å². The zero-order chi connectivity index (χ0) is 25.8. The monoisotopic (exact) mass is 505 g/mol. The molecule has 0 aromatic heterocycles. The maximum absolute atomic E-state index is 13.2. The predicted octanol–water partition coefficient (Wildman–Crippen LogP) is 5.09. The third kappa shape index (κ3) is 4.89. The predicted molar refractivity (Wildman–Crippen MR) is 139 cm³/mol. The molecule has 0 bridgehead atoms. The first kappa shape index (κ1) is 24.8. The van der Waals surface area contributed by atoms with Crippen molar-refractivity contribution in [3.8, 4) is 11.5 Å². The lowest BCUT2D eigenvalue weighted by Gasteiger charge is -2.18. The molecule has 9 heteroatoms. The Hall–Kier alpha value is -4.30. The van der Waals surface area contributed by atoms with Gasteiger partial charge in [0.15, 0.2) is 0 Å². The number of anilines is 3. The molecule has 0 aliphatic carbocycles. The molecule has 0 radical (unpaired) electrons. The van der Waals surface area contributed by atoms with Crippen molar-refractivity contribution in [3.05, 3.63) is 88.6 Å². The van der Waals surface area contributed by atoms with Crippen molar-refractivity contribution in [2.45, 2.75) is 13.8 Å². The van der Waals surface area contributed by atoms with Gasteiger partial charge in [-0.25, -0.2) is 4.90 Å². The number of carbonyl (C=O) groups is 3. The van der Waals surface area contributed by atoms with Crippen LogP contribution in [-0.2, 0) is 9.59 Å². The molecule has 3 aromatic rings. The van der Waals surface area contributed by atoms with Crippen LogP contribution >= 0.6 is 11.6 Å². The van der Waals surface area contributed by atoms with Crippen LogP contribution in [0.4, 0.5) is 17.1 Å². The average molecular weight is 506 g/mol. The van der Waals surface area contributed by atoms with Gasteiger partial charge in [-0.2, -0.15) is 0 Å². The number of rotatable bonds is 8. The van der Waals surface area contributed by atoms with E-state index in [9.17, 15) is 14.4 Å². The van der Waals surface area contributed by atoms with Gasteiger partial charge < -0.3 is 20.1 Å². The number of methoxy groups -OCH3 is 1. The normalized spacial score (nSPS) is 13.2.